The zero-order valence-electron chi connectivity index (χ0n) is 35.0. The van der Waals surface area contributed by atoms with Gasteiger partial charge in [-0.15, -0.1) is 0 Å². The summed E-state index contributed by atoms with van der Waals surface area (Å²) in [6.45, 7) is 2.41. The Morgan fingerprint density at radius 3 is 1.15 bits per heavy atom. The van der Waals surface area contributed by atoms with Gasteiger partial charge in [-0.3, -0.25) is 18.6 Å². The van der Waals surface area contributed by atoms with E-state index < -0.39 is 51.8 Å². The Hall–Kier alpha value is -1.03. The lowest BCUT2D eigenvalue weighted by Crippen LogP contribution is -2.29. The number of hydrogen-bond donors (Lipinski definition) is 3. The predicted octanol–water partition coefficient (Wildman–Crippen LogP) is 11.8. The number of phosphoric ester groups is 1. The second kappa shape index (κ2) is 40.2. The molecule has 322 valence electrons. The summed E-state index contributed by atoms with van der Waals surface area (Å²) in [5.74, 6) is -0.910. The molecule has 0 fully saturated rings. The van der Waals surface area contributed by atoms with Crippen molar-refractivity contribution in [2.24, 2.45) is 0 Å². The highest BCUT2D eigenvalue weighted by Crippen LogP contribution is 2.43. The summed E-state index contributed by atoms with van der Waals surface area (Å²) >= 11 is 0. The van der Waals surface area contributed by atoms with Crippen LogP contribution in [-0.4, -0.2) is 65.7 Å². The van der Waals surface area contributed by atoms with E-state index in [0.717, 1.165) is 32.1 Å². The number of aliphatic hydroxyl groups excluding tert-OH is 2. The number of aliphatic hydroxyl groups is 2. The van der Waals surface area contributed by atoms with Crippen LogP contribution in [0.1, 0.15) is 226 Å². The molecule has 0 saturated heterocycles. The fraction of sp³-hybridized carbons (Fsp3) is 0.953. The van der Waals surface area contributed by atoms with E-state index in [9.17, 15) is 24.2 Å². The molecule has 0 spiro atoms. The number of ether oxygens (including phenoxy) is 2. The van der Waals surface area contributed by atoms with Crippen LogP contribution in [-0.2, 0) is 32.7 Å². The van der Waals surface area contributed by atoms with Crippen LogP contribution >= 0.6 is 7.82 Å². The van der Waals surface area contributed by atoms with Gasteiger partial charge in [-0.05, 0) is 12.8 Å². The van der Waals surface area contributed by atoms with Crippen LogP contribution in [0.25, 0.3) is 0 Å². The highest BCUT2D eigenvalue weighted by atomic mass is 31.2. The molecule has 0 bridgehead atoms. The minimum atomic E-state index is -4.61. The molecule has 0 amide bonds. The first-order valence-electron chi connectivity index (χ1n) is 22.5. The molecule has 10 nitrogen and oxygen atoms in total. The van der Waals surface area contributed by atoms with Crippen molar-refractivity contribution in [2.45, 2.75) is 238 Å². The van der Waals surface area contributed by atoms with Gasteiger partial charge in [-0.25, -0.2) is 4.57 Å². The van der Waals surface area contributed by atoms with E-state index in [1.165, 1.54) is 154 Å². The number of carbonyl (C=O) groups excluding carboxylic acids is 2. The second-order valence-electron chi connectivity index (χ2n) is 15.4. The molecule has 0 rings (SSSR count). The first kappa shape index (κ1) is 53.0. The Bertz CT molecular complexity index is 873. The average molecular weight is 793 g/mol. The summed E-state index contributed by atoms with van der Waals surface area (Å²) in [7, 11) is -4.61. The minimum absolute atomic E-state index is 0.191. The highest BCUT2D eigenvalue weighted by Gasteiger charge is 2.27. The molecule has 3 atom stereocenters. The Morgan fingerprint density at radius 2 is 0.796 bits per heavy atom. The van der Waals surface area contributed by atoms with E-state index in [4.69, 9.17) is 19.1 Å². The van der Waals surface area contributed by atoms with E-state index in [2.05, 4.69) is 18.4 Å². The van der Waals surface area contributed by atoms with E-state index in [0.29, 0.717) is 12.8 Å². The van der Waals surface area contributed by atoms with Crippen LogP contribution in [0.5, 0.6) is 0 Å². The molecule has 0 radical (unpaired) electrons. The predicted molar refractivity (Wildman–Crippen MR) is 219 cm³/mol. The van der Waals surface area contributed by atoms with Crippen LogP contribution < -0.4 is 0 Å². The van der Waals surface area contributed by atoms with Crippen molar-refractivity contribution < 1.29 is 47.8 Å². The van der Waals surface area contributed by atoms with Gasteiger partial charge in [0.2, 0.25) is 0 Å². The lowest BCUT2D eigenvalue weighted by molar-refractivity contribution is -0.161. The van der Waals surface area contributed by atoms with Gasteiger partial charge >= 0.3 is 19.8 Å². The van der Waals surface area contributed by atoms with E-state index in [1.54, 1.807) is 0 Å². The summed E-state index contributed by atoms with van der Waals surface area (Å²) in [5, 5.41) is 18.3. The fourth-order valence-corrected chi connectivity index (χ4v) is 7.31. The van der Waals surface area contributed by atoms with Gasteiger partial charge in [0.05, 0.1) is 19.8 Å². The van der Waals surface area contributed by atoms with Crippen molar-refractivity contribution in [2.75, 3.05) is 26.4 Å². The van der Waals surface area contributed by atoms with Gasteiger partial charge in [0.1, 0.15) is 12.7 Å². The van der Waals surface area contributed by atoms with Gasteiger partial charge in [-0.1, -0.05) is 200 Å². The van der Waals surface area contributed by atoms with Gasteiger partial charge < -0.3 is 24.6 Å². The number of rotatable bonds is 43. The zero-order valence-corrected chi connectivity index (χ0v) is 35.9. The summed E-state index contributed by atoms with van der Waals surface area (Å²) < 4.78 is 32.7. The number of phosphoric acid groups is 1. The summed E-state index contributed by atoms with van der Waals surface area (Å²) in [6, 6.07) is 0. The maximum atomic E-state index is 12.6. The third-order valence-corrected chi connectivity index (χ3v) is 11.0. The molecule has 0 aliphatic rings. The molecule has 0 aromatic carbocycles. The monoisotopic (exact) mass is 793 g/mol. The quantitative estimate of drug-likeness (QED) is 0.0309. The lowest BCUT2D eigenvalue weighted by Gasteiger charge is -2.20. The van der Waals surface area contributed by atoms with Crippen LogP contribution in [0.15, 0.2) is 0 Å². The number of hydrogen-bond acceptors (Lipinski definition) is 9. The Morgan fingerprint density at radius 1 is 0.481 bits per heavy atom. The largest absolute Gasteiger partial charge is 0.472 e. The molecule has 3 N–H and O–H groups in total. The normalized spacial score (nSPS) is 13.8. The molecular weight excluding hydrogens is 707 g/mol. The number of unbranched alkanes of at least 4 members (excludes halogenated alkanes) is 29. The summed E-state index contributed by atoms with van der Waals surface area (Å²) in [4.78, 5) is 34.9. The van der Waals surface area contributed by atoms with Crippen LogP contribution in [0.3, 0.4) is 0 Å². The molecule has 0 aliphatic heterocycles. The molecule has 0 heterocycles. The topological polar surface area (TPSA) is 149 Å². The third kappa shape index (κ3) is 39.2. The van der Waals surface area contributed by atoms with Gasteiger partial charge in [0, 0.05) is 12.8 Å². The van der Waals surface area contributed by atoms with Crippen LogP contribution in [0.4, 0.5) is 0 Å². The maximum absolute atomic E-state index is 12.6. The Balaban J connectivity index is 4.14. The molecule has 0 aromatic heterocycles. The highest BCUT2D eigenvalue weighted by molar-refractivity contribution is 7.47. The lowest BCUT2D eigenvalue weighted by atomic mass is 10.0. The summed E-state index contributed by atoms with van der Waals surface area (Å²) in [6.07, 6.45) is 36.5. The van der Waals surface area contributed by atoms with Gasteiger partial charge in [0.15, 0.2) is 6.10 Å². The molecule has 54 heavy (non-hydrogen) atoms. The smallest absolute Gasteiger partial charge is 0.462 e. The number of carbonyl (C=O) groups is 2. The van der Waals surface area contributed by atoms with Gasteiger partial charge in [-0.2, -0.15) is 0 Å². The Labute approximate surface area is 331 Å². The fourth-order valence-electron chi connectivity index (χ4n) is 6.52. The van der Waals surface area contributed by atoms with E-state index >= 15 is 0 Å². The molecule has 11 heteroatoms. The maximum Gasteiger partial charge on any atom is 0.472 e. The van der Waals surface area contributed by atoms with Crippen molar-refractivity contribution in [1.29, 1.82) is 0 Å². The molecular formula is C43H85O10P. The molecule has 0 saturated carbocycles. The van der Waals surface area contributed by atoms with Crippen LogP contribution in [0.2, 0.25) is 0 Å². The first-order chi connectivity index (χ1) is 26.2. The van der Waals surface area contributed by atoms with Crippen LogP contribution in [0, 0.1) is 0 Å². The van der Waals surface area contributed by atoms with Crippen molar-refractivity contribution in [1.82, 2.24) is 0 Å². The molecule has 1 unspecified atom stereocenters. The third-order valence-electron chi connectivity index (χ3n) is 10.0. The Kier molecular flexibility index (Phi) is 39.4. The SMILES string of the molecule is CCCCCCCCCCCCCCCCCCCCCCC(=O)OC[C@H](COP(=O)(O)OC[C@H](O)CO)OC(=O)CCCCCCCCCCCCC. The van der Waals surface area contributed by atoms with E-state index in [-0.39, 0.29) is 19.4 Å². The minimum Gasteiger partial charge on any atom is -0.462 e. The average Bonchev–Trinajstić information content (AvgIpc) is 3.16. The van der Waals surface area contributed by atoms with Crippen molar-refractivity contribution >= 4 is 19.8 Å². The standard InChI is InChI=1S/C43H85O10P/c1-3-5-7-9-11-13-15-16-17-18-19-20-21-22-23-25-26-28-30-32-34-42(46)50-38-41(39-52-54(48,49)51-37-40(45)36-44)53-43(47)35-33-31-29-27-24-14-12-10-8-6-4-2/h40-41,44-45H,3-39H2,1-2H3,(H,48,49)/t40-,41-/m1/s1. The van der Waals surface area contributed by atoms with Crippen molar-refractivity contribution in [3.63, 3.8) is 0 Å². The van der Waals surface area contributed by atoms with E-state index in [1.807, 2.05) is 0 Å². The summed E-state index contributed by atoms with van der Waals surface area (Å²) in [5.41, 5.74) is 0. The number of esters is 2. The van der Waals surface area contributed by atoms with Crippen molar-refractivity contribution in [3.05, 3.63) is 0 Å². The second-order valence-corrected chi connectivity index (χ2v) is 16.9. The first-order valence-corrected chi connectivity index (χ1v) is 24.0. The molecule has 0 aliphatic carbocycles. The zero-order chi connectivity index (χ0) is 39.8. The van der Waals surface area contributed by atoms with Gasteiger partial charge in [0.25, 0.3) is 0 Å². The molecule has 0 aromatic rings. The van der Waals surface area contributed by atoms with Crippen molar-refractivity contribution in [3.8, 4) is 0 Å².